The summed E-state index contributed by atoms with van der Waals surface area (Å²) in [6, 6.07) is 0. The molecule has 0 aliphatic carbocycles. The van der Waals surface area contributed by atoms with Crippen LogP contribution in [0.2, 0.25) is 0 Å². The Morgan fingerprint density at radius 2 is 2.17 bits per heavy atom. The maximum atomic E-state index is 4.89. The minimum absolute atomic E-state index is 0. The van der Waals surface area contributed by atoms with Crippen molar-refractivity contribution < 1.29 is 0 Å². The summed E-state index contributed by atoms with van der Waals surface area (Å²) in [6.07, 6.45) is 6.91. The van der Waals surface area contributed by atoms with Gasteiger partial charge in [-0.15, -0.1) is 12.3 Å². The zero-order valence-electron chi connectivity index (χ0n) is 3.49. The fourth-order valence-electron chi connectivity index (χ4n) is 0.144. The van der Waals surface area contributed by atoms with Gasteiger partial charge in [0, 0.05) is 6.42 Å². The van der Waals surface area contributed by atoms with E-state index in [1.165, 1.54) is 0 Å². The quantitative estimate of drug-likeness (QED) is 0.331. The average molecular weight is 92.1 g/mol. The molecule has 0 bridgehead atoms. The molecule has 0 aromatic carbocycles. The van der Waals surface area contributed by atoms with Crippen LogP contribution in [0.15, 0.2) is 0 Å². The second-order valence-electron chi connectivity index (χ2n) is 0.954. The first-order valence-corrected chi connectivity index (χ1v) is 1.85. The molecule has 0 N–H and O–H groups in total. The van der Waals surface area contributed by atoms with E-state index in [2.05, 4.69) is 12.8 Å². The average Bonchev–Trinajstić information content (AvgIpc) is 1.41. The Kier molecular flexibility index (Phi) is 14.8. The molecular weight excluding hydrogens is 83.0 g/mol. The molecule has 0 aromatic rings. The van der Waals surface area contributed by atoms with Crippen LogP contribution in [0.4, 0.5) is 0 Å². The molecule has 0 rings (SSSR count). The van der Waals surface area contributed by atoms with Crippen LogP contribution in [0.1, 0.15) is 19.8 Å². The van der Waals surface area contributed by atoms with Gasteiger partial charge in [-0.1, -0.05) is 6.92 Å². The predicted molar refractivity (Wildman–Crippen MR) is 30.9 cm³/mol. The number of hydrogen-bond acceptors (Lipinski definition) is 0. The van der Waals surface area contributed by atoms with Gasteiger partial charge in [0.05, 0.1) is 0 Å². The van der Waals surface area contributed by atoms with Crippen LogP contribution in [0.5, 0.6) is 0 Å². The molecule has 0 aliphatic rings. The van der Waals surface area contributed by atoms with Crippen molar-refractivity contribution in [2.24, 2.45) is 0 Å². The van der Waals surface area contributed by atoms with Gasteiger partial charge in [0.25, 0.3) is 0 Å². The van der Waals surface area contributed by atoms with Crippen LogP contribution in [0.3, 0.4) is 0 Å². The van der Waals surface area contributed by atoms with Gasteiger partial charge in [0.2, 0.25) is 0 Å². The first kappa shape index (κ1) is 9.75. The third-order valence-electron chi connectivity index (χ3n) is 0.394. The van der Waals surface area contributed by atoms with Crippen LogP contribution >= 0.6 is 0 Å². The number of rotatable bonds is 1. The van der Waals surface area contributed by atoms with Crippen molar-refractivity contribution in [1.82, 2.24) is 0 Å². The molecule has 0 radical (unpaired) electrons. The van der Waals surface area contributed by atoms with Gasteiger partial charge in [-0.25, -0.2) is 0 Å². The summed E-state index contributed by atoms with van der Waals surface area (Å²) in [5.41, 5.74) is 0. The summed E-state index contributed by atoms with van der Waals surface area (Å²) >= 11 is 0. The number of terminal acetylenes is 1. The van der Waals surface area contributed by atoms with Gasteiger partial charge in [0.1, 0.15) is 0 Å². The van der Waals surface area contributed by atoms with E-state index >= 15 is 0 Å². The molecule has 1 heteroatoms. The summed E-state index contributed by atoms with van der Waals surface area (Å²) < 4.78 is 0. The number of unbranched alkanes of at least 4 members (excludes halogenated alkanes) is 1. The third-order valence-corrected chi connectivity index (χ3v) is 0.394. The Balaban J connectivity index is 0. The fraction of sp³-hybridized carbons (Fsp3) is 0.600. The van der Waals surface area contributed by atoms with E-state index in [-0.39, 0.29) is 29.6 Å². The van der Waals surface area contributed by atoms with Crippen molar-refractivity contribution in [3.63, 3.8) is 0 Å². The van der Waals surface area contributed by atoms with E-state index in [0.29, 0.717) is 0 Å². The van der Waals surface area contributed by atoms with Crippen molar-refractivity contribution in [2.45, 2.75) is 19.8 Å². The first-order valence-electron chi connectivity index (χ1n) is 1.85. The molecule has 0 fully saturated rings. The van der Waals surface area contributed by atoms with Crippen molar-refractivity contribution in [3.8, 4) is 12.3 Å². The Hall–Kier alpha value is 0.560. The molecule has 6 heavy (non-hydrogen) atoms. The molecule has 30 valence electrons. The van der Waals surface area contributed by atoms with Crippen LogP contribution in [-0.2, 0) is 0 Å². The van der Waals surface area contributed by atoms with Crippen molar-refractivity contribution in [3.05, 3.63) is 0 Å². The van der Waals surface area contributed by atoms with E-state index in [0.717, 1.165) is 12.8 Å². The maximum absolute atomic E-state index is 4.89. The van der Waals surface area contributed by atoms with Crippen molar-refractivity contribution in [1.29, 1.82) is 0 Å². The monoisotopic (exact) mass is 92.1 g/mol. The molecule has 0 aliphatic heterocycles. The molecule has 0 saturated heterocycles. The molecule has 0 unspecified atom stereocenters. The van der Waals surface area contributed by atoms with Gasteiger partial charge in [-0.3, -0.25) is 0 Å². The molecule has 0 saturated carbocycles. The Morgan fingerprint density at radius 1 is 1.67 bits per heavy atom. The summed E-state index contributed by atoms with van der Waals surface area (Å²) in [7, 11) is 0. The fourth-order valence-corrected chi connectivity index (χ4v) is 0.144. The second-order valence-corrected chi connectivity index (χ2v) is 0.954. The summed E-state index contributed by atoms with van der Waals surface area (Å²) in [6.45, 7) is 2.07. The molecule has 0 nitrogen and oxygen atoms in total. The van der Waals surface area contributed by atoms with E-state index in [9.17, 15) is 0 Å². The summed E-state index contributed by atoms with van der Waals surface area (Å²) in [5.74, 6) is 2.52. The molecule has 0 aromatic heterocycles. The van der Waals surface area contributed by atoms with Crippen LogP contribution in [0, 0.1) is 12.3 Å². The van der Waals surface area contributed by atoms with E-state index in [4.69, 9.17) is 6.42 Å². The standard InChI is InChI=1S/C5H8.Na.H/c1-3-5-4-2;;/h1H,4-5H2,2H3;;. The number of hydrogen-bond donors (Lipinski definition) is 0. The van der Waals surface area contributed by atoms with E-state index in [1.807, 2.05) is 0 Å². The molecule has 0 amide bonds. The van der Waals surface area contributed by atoms with Gasteiger partial charge in [-0.05, 0) is 6.42 Å². The molecule has 0 spiro atoms. The Morgan fingerprint density at radius 3 is 2.17 bits per heavy atom. The molecule has 0 heterocycles. The zero-order chi connectivity index (χ0) is 4.12. The predicted octanol–water partition coefficient (Wildman–Crippen LogP) is 0.771. The molecule has 0 atom stereocenters. The SMILES string of the molecule is C#CCCC.[NaH]. The Bertz CT molecular complexity index is 42.4. The normalized spacial score (nSPS) is 5.33. The topological polar surface area (TPSA) is 0 Å². The minimum atomic E-state index is 0. The van der Waals surface area contributed by atoms with Crippen LogP contribution < -0.4 is 0 Å². The Labute approximate surface area is 61.6 Å². The third kappa shape index (κ3) is 8.82. The van der Waals surface area contributed by atoms with Gasteiger partial charge in [-0.2, -0.15) is 0 Å². The van der Waals surface area contributed by atoms with Crippen molar-refractivity contribution >= 4 is 29.6 Å². The first-order chi connectivity index (χ1) is 2.41. The van der Waals surface area contributed by atoms with Crippen molar-refractivity contribution in [2.75, 3.05) is 0 Å². The molecular formula is C5H9Na. The zero-order valence-corrected chi connectivity index (χ0v) is 3.49. The van der Waals surface area contributed by atoms with E-state index < -0.39 is 0 Å². The second kappa shape index (κ2) is 9.12. The van der Waals surface area contributed by atoms with Gasteiger partial charge in [0.15, 0.2) is 0 Å². The van der Waals surface area contributed by atoms with Crippen LogP contribution in [-0.4, -0.2) is 29.6 Å². The van der Waals surface area contributed by atoms with E-state index in [1.54, 1.807) is 0 Å². The van der Waals surface area contributed by atoms with Gasteiger partial charge < -0.3 is 0 Å². The van der Waals surface area contributed by atoms with Gasteiger partial charge >= 0.3 is 29.6 Å². The summed E-state index contributed by atoms with van der Waals surface area (Å²) in [4.78, 5) is 0. The van der Waals surface area contributed by atoms with Crippen LogP contribution in [0.25, 0.3) is 0 Å². The summed E-state index contributed by atoms with van der Waals surface area (Å²) in [5, 5.41) is 0.